The number of nitrogens with one attached hydrogen (secondary N) is 1. The molecule has 2 saturated heterocycles. The quantitative estimate of drug-likeness (QED) is 0.772. The van der Waals surface area contributed by atoms with Gasteiger partial charge in [0.15, 0.2) is 0 Å². The molecule has 0 aromatic carbocycles. The van der Waals surface area contributed by atoms with Crippen LogP contribution in [0.5, 0.6) is 0 Å². The minimum atomic E-state index is 0.325. The van der Waals surface area contributed by atoms with E-state index in [-0.39, 0.29) is 0 Å². The number of carbonyl (C=O) groups is 1. The highest BCUT2D eigenvalue weighted by Gasteiger charge is 2.22. The van der Waals surface area contributed by atoms with Crippen molar-refractivity contribution in [3.05, 3.63) is 0 Å². The van der Waals surface area contributed by atoms with E-state index in [0.717, 1.165) is 45.8 Å². The summed E-state index contributed by atoms with van der Waals surface area (Å²) in [5.74, 6) is 0.325. The molecule has 1 atom stereocenters. The van der Waals surface area contributed by atoms with Gasteiger partial charge in [-0.3, -0.25) is 9.69 Å². The molecule has 2 rings (SSSR count). The predicted octanol–water partition coefficient (Wildman–Crippen LogP) is -0.166. The average molecular weight is 268 g/mol. The first kappa shape index (κ1) is 14.8. The van der Waals surface area contributed by atoms with E-state index in [1.54, 1.807) is 0 Å². The molecule has 0 radical (unpaired) electrons. The molecule has 19 heavy (non-hydrogen) atoms. The van der Waals surface area contributed by atoms with Crippen molar-refractivity contribution in [3.8, 4) is 0 Å². The molecule has 0 aromatic rings. The Morgan fingerprint density at radius 3 is 2.68 bits per heavy atom. The van der Waals surface area contributed by atoms with Gasteiger partial charge in [0.05, 0.1) is 0 Å². The largest absolute Gasteiger partial charge is 0.340 e. The average Bonchev–Trinajstić information content (AvgIpc) is 2.58. The molecular weight excluding hydrogens is 240 g/mol. The molecule has 0 saturated carbocycles. The van der Waals surface area contributed by atoms with E-state index in [0.29, 0.717) is 18.4 Å². The first-order chi connectivity index (χ1) is 9.16. The van der Waals surface area contributed by atoms with Gasteiger partial charge >= 0.3 is 0 Å². The van der Waals surface area contributed by atoms with Crippen LogP contribution in [0.15, 0.2) is 0 Å². The number of carbonyl (C=O) groups excluding carboxylic acids is 1. The molecule has 2 aliphatic heterocycles. The van der Waals surface area contributed by atoms with Gasteiger partial charge in [0.25, 0.3) is 0 Å². The van der Waals surface area contributed by atoms with Crippen LogP contribution < -0.4 is 5.32 Å². The van der Waals surface area contributed by atoms with Crippen molar-refractivity contribution in [2.45, 2.75) is 25.8 Å². The summed E-state index contributed by atoms with van der Waals surface area (Å²) in [5, 5.41) is 3.29. The number of hydrogen-bond donors (Lipinski definition) is 1. The van der Waals surface area contributed by atoms with Gasteiger partial charge in [0.1, 0.15) is 0 Å². The summed E-state index contributed by atoms with van der Waals surface area (Å²) in [5.41, 5.74) is 0. The smallest absolute Gasteiger partial charge is 0.223 e. The Kier molecular flexibility index (Phi) is 5.60. The second kappa shape index (κ2) is 7.22. The van der Waals surface area contributed by atoms with Gasteiger partial charge in [-0.2, -0.15) is 0 Å². The lowest BCUT2D eigenvalue weighted by Crippen LogP contribution is -2.47. The van der Waals surface area contributed by atoms with Gasteiger partial charge in [0.2, 0.25) is 5.91 Å². The molecule has 5 nitrogen and oxygen atoms in total. The van der Waals surface area contributed by atoms with Crippen LogP contribution in [0, 0.1) is 0 Å². The molecule has 2 aliphatic rings. The summed E-state index contributed by atoms with van der Waals surface area (Å²) < 4.78 is 0. The van der Waals surface area contributed by atoms with E-state index < -0.39 is 0 Å². The Balaban J connectivity index is 1.75. The van der Waals surface area contributed by atoms with Crippen LogP contribution in [0.2, 0.25) is 0 Å². The van der Waals surface area contributed by atoms with Gasteiger partial charge < -0.3 is 15.1 Å². The van der Waals surface area contributed by atoms with E-state index in [1.165, 1.54) is 13.0 Å². The number of piperazine rings is 1. The van der Waals surface area contributed by atoms with Gasteiger partial charge in [-0.25, -0.2) is 0 Å². The van der Waals surface area contributed by atoms with Crippen LogP contribution in [0.1, 0.15) is 19.8 Å². The number of rotatable bonds is 3. The monoisotopic (exact) mass is 268 g/mol. The highest BCUT2D eigenvalue weighted by molar-refractivity contribution is 5.76. The second-order valence-electron chi connectivity index (χ2n) is 5.88. The maximum atomic E-state index is 12.2. The molecule has 0 bridgehead atoms. The third-order valence-electron chi connectivity index (χ3n) is 4.27. The highest BCUT2D eigenvalue weighted by atomic mass is 16.2. The van der Waals surface area contributed by atoms with Gasteiger partial charge in [-0.15, -0.1) is 0 Å². The maximum Gasteiger partial charge on any atom is 0.223 e. The van der Waals surface area contributed by atoms with Crippen molar-refractivity contribution < 1.29 is 4.79 Å². The predicted molar refractivity (Wildman–Crippen MR) is 77.2 cm³/mol. The molecule has 0 aromatic heterocycles. The van der Waals surface area contributed by atoms with Crippen LogP contribution >= 0.6 is 0 Å². The van der Waals surface area contributed by atoms with Crippen LogP contribution in [0.25, 0.3) is 0 Å². The fourth-order valence-corrected chi connectivity index (χ4v) is 3.07. The molecule has 2 fully saturated rings. The molecule has 1 amide bonds. The summed E-state index contributed by atoms with van der Waals surface area (Å²) in [6, 6.07) is 0.559. The van der Waals surface area contributed by atoms with Gasteiger partial charge in [-0.1, -0.05) is 0 Å². The lowest BCUT2D eigenvalue weighted by atomic mass is 10.2. The minimum Gasteiger partial charge on any atom is -0.340 e. The second-order valence-corrected chi connectivity index (χ2v) is 5.88. The minimum absolute atomic E-state index is 0.325. The molecule has 0 aliphatic carbocycles. The zero-order chi connectivity index (χ0) is 13.7. The van der Waals surface area contributed by atoms with E-state index >= 15 is 0 Å². The lowest BCUT2D eigenvalue weighted by Gasteiger charge is -2.30. The van der Waals surface area contributed by atoms with Crippen molar-refractivity contribution in [3.63, 3.8) is 0 Å². The molecular formula is C14H28N4O. The first-order valence-electron chi connectivity index (χ1n) is 7.58. The fourth-order valence-electron chi connectivity index (χ4n) is 3.07. The lowest BCUT2D eigenvalue weighted by molar-refractivity contribution is -0.132. The van der Waals surface area contributed by atoms with Crippen molar-refractivity contribution >= 4 is 5.91 Å². The van der Waals surface area contributed by atoms with Crippen molar-refractivity contribution in [2.75, 3.05) is 59.4 Å². The summed E-state index contributed by atoms with van der Waals surface area (Å²) in [7, 11) is 2.19. The summed E-state index contributed by atoms with van der Waals surface area (Å²) in [6.45, 7) is 10.2. The van der Waals surface area contributed by atoms with Crippen molar-refractivity contribution in [1.29, 1.82) is 0 Å². The van der Waals surface area contributed by atoms with E-state index in [2.05, 4.69) is 29.1 Å². The third kappa shape index (κ3) is 4.44. The maximum absolute atomic E-state index is 12.2. The zero-order valence-corrected chi connectivity index (χ0v) is 12.4. The van der Waals surface area contributed by atoms with E-state index in [4.69, 9.17) is 0 Å². The molecule has 5 heteroatoms. The number of likely N-dealkylation sites (N-methyl/N-ethyl adjacent to an activating group) is 1. The number of nitrogens with zero attached hydrogens (tertiary/aromatic N) is 3. The third-order valence-corrected chi connectivity index (χ3v) is 4.27. The van der Waals surface area contributed by atoms with Crippen LogP contribution in [0.3, 0.4) is 0 Å². The fraction of sp³-hybridized carbons (Fsp3) is 0.929. The van der Waals surface area contributed by atoms with Crippen LogP contribution in [0.4, 0.5) is 0 Å². The van der Waals surface area contributed by atoms with Gasteiger partial charge in [-0.05, 0) is 33.5 Å². The Morgan fingerprint density at radius 1 is 1.21 bits per heavy atom. The standard InChI is InChI=1S/C14H28N4O/c1-13-12-16(2)7-3-8-17(13)9-4-14(19)18-10-5-15-6-11-18/h13,15H,3-12H2,1-2H3. The topological polar surface area (TPSA) is 38.8 Å². The van der Waals surface area contributed by atoms with E-state index in [1.807, 2.05) is 4.90 Å². The summed E-state index contributed by atoms with van der Waals surface area (Å²) in [4.78, 5) is 19.0. The molecule has 110 valence electrons. The number of amides is 1. The first-order valence-corrected chi connectivity index (χ1v) is 7.58. The SMILES string of the molecule is CC1CN(C)CCCN1CCC(=O)N1CCNCC1. The highest BCUT2D eigenvalue weighted by Crippen LogP contribution is 2.09. The summed E-state index contributed by atoms with van der Waals surface area (Å²) in [6.07, 6.45) is 1.89. The normalized spacial score (nSPS) is 27.3. The molecule has 1 N–H and O–H groups in total. The Labute approximate surface area is 116 Å². The van der Waals surface area contributed by atoms with Crippen LogP contribution in [-0.4, -0.2) is 86.1 Å². The van der Waals surface area contributed by atoms with Gasteiger partial charge in [0, 0.05) is 51.7 Å². The van der Waals surface area contributed by atoms with Crippen molar-refractivity contribution in [2.24, 2.45) is 0 Å². The Hall–Kier alpha value is -0.650. The Bertz CT molecular complexity index is 291. The Morgan fingerprint density at radius 2 is 1.95 bits per heavy atom. The molecule has 0 spiro atoms. The van der Waals surface area contributed by atoms with Crippen LogP contribution in [-0.2, 0) is 4.79 Å². The summed E-state index contributed by atoms with van der Waals surface area (Å²) >= 11 is 0. The molecule has 2 heterocycles. The van der Waals surface area contributed by atoms with Crippen molar-refractivity contribution in [1.82, 2.24) is 20.0 Å². The molecule has 1 unspecified atom stereocenters. The number of hydrogen-bond acceptors (Lipinski definition) is 4. The van der Waals surface area contributed by atoms with E-state index in [9.17, 15) is 4.79 Å². The zero-order valence-electron chi connectivity index (χ0n) is 12.4.